The number of ether oxygens (including phenoxy) is 4. The number of anilines is 1. The van der Waals surface area contributed by atoms with Crippen molar-refractivity contribution in [1.82, 2.24) is 5.32 Å². The first kappa shape index (κ1) is 26.1. The predicted octanol–water partition coefficient (Wildman–Crippen LogP) is 4.80. The molecule has 0 spiro atoms. The molecule has 0 heterocycles. The first-order valence-electron chi connectivity index (χ1n) is 10.7. The van der Waals surface area contributed by atoms with Gasteiger partial charge in [-0.05, 0) is 36.8 Å². The lowest BCUT2D eigenvalue weighted by Crippen LogP contribution is -2.32. The first-order valence-corrected chi connectivity index (χ1v) is 10.7. The van der Waals surface area contributed by atoms with Crippen molar-refractivity contribution >= 4 is 35.6 Å². The number of hydrogen-bond acceptors (Lipinski definition) is 5. The quantitative estimate of drug-likeness (QED) is 0.201. The van der Waals surface area contributed by atoms with Crippen LogP contribution in [0, 0.1) is 0 Å². The van der Waals surface area contributed by atoms with Gasteiger partial charge >= 0.3 is 0 Å². The maximum atomic E-state index is 6.18. The fraction of sp³-hybridized carbons (Fsp3) is 0.458. The van der Waals surface area contributed by atoms with E-state index in [0.717, 1.165) is 31.5 Å². The topological polar surface area (TPSA) is 73.3 Å². The lowest BCUT2D eigenvalue weighted by molar-refractivity contribution is 0.0398. The molecular weight excluding hydrogens is 521 g/mol. The summed E-state index contributed by atoms with van der Waals surface area (Å²) in [6, 6.07) is 12.3. The molecule has 8 heteroatoms. The molecule has 3 rings (SSSR count). The highest BCUT2D eigenvalue weighted by Gasteiger charge is 2.20. The molecule has 176 valence electrons. The molecule has 7 nitrogen and oxygen atoms in total. The Bertz CT molecular complexity index is 866. The molecule has 0 aromatic heterocycles. The van der Waals surface area contributed by atoms with Crippen LogP contribution in [0.3, 0.4) is 0 Å². The Morgan fingerprint density at radius 3 is 2.44 bits per heavy atom. The maximum Gasteiger partial charge on any atom is 0.203 e. The van der Waals surface area contributed by atoms with Gasteiger partial charge in [0.2, 0.25) is 5.75 Å². The number of methoxy groups -OCH3 is 3. The third-order valence-electron chi connectivity index (χ3n) is 5.40. The van der Waals surface area contributed by atoms with E-state index in [-0.39, 0.29) is 30.1 Å². The Morgan fingerprint density at radius 2 is 1.78 bits per heavy atom. The van der Waals surface area contributed by atoms with Gasteiger partial charge in [0.05, 0.1) is 27.4 Å². The molecular formula is C24H34IN3O4. The molecule has 0 saturated heterocycles. The predicted molar refractivity (Wildman–Crippen MR) is 139 cm³/mol. The number of hydrogen-bond donors (Lipinski definition) is 2. The van der Waals surface area contributed by atoms with Crippen LogP contribution >= 0.6 is 24.0 Å². The van der Waals surface area contributed by atoms with Crippen LogP contribution in [0.1, 0.15) is 36.5 Å². The molecule has 1 aliphatic rings. The first-order chi connectivity index (χ1) is 15.2. The third-order valence-corrected chi connectivity index (χ3v) is 5.40. The zero-order valence-electron chi connectivity index (χ0n) is 19.3. The van der Waals surface area contributed by atoms with E-state index in [9.17, 15) is 0 Å². The van der Waals surface area contributed by atoms with Crippen molar-refractivity contribution in [2.45, 2.75) is 31.8 Å². The number of fused-ring (bicyclic) bond motifs is 1. The number of nitrogens with zero attached hydrogens (tertiary/aromatic N) is 1. The summed E-state index contributed by atoms with van der Waals surface area (Å²) in [5, 5.41) is 6.59. The molecule has 0 saturated carbocycles. The van der Waals surface area contributed by atoms with Crippen molar-refractivity contribution in [2.24, 2.45) is 4.99 Å². The minimum atomic E-state index is 0. The molecule has 2 aromatic carbocycles. The highest BCUT2D eigenvalue weighted by molar-refractivity contribution is 14.0. The van der Waals surface area contributed by atoms with Crippen LogP contribution in [-0.4, -0.2) is 47.5 Å². The van der Waals surface area contributed by atoms with Crippen LogP contribution in [0.15, 0.2) is 41.4 Å². The van der Waals surface area contributed by atoms with Gasteiger partial charge in [-0.15, -0.1) is 24.0 Å². The van der Waals surface area contributed by atoms with Crippen LogP contribution in [0.25, 0.3) is 0 Å². The minimum Gasteiger partial charge on any atom is -0.493 e. The monoisotopic (exact) mass is 555 g/mol. The normalized spacial score (nSPS) is 15.2. The van der Waals surface area contributed by atoms with Crippen LogP contribution in [0.2, 0.25) is 0 Å². The Morgan fingerprint density at radius 1 is 1.06 bits per heavy atom. The van der Waals surface area contributed by atoms with Gasteiger partial charge in [-0.3, -0.25) is 4.99 Å². The summed E-state index contributed by atoms with van der Waals surface area (Å²) < 4.78 is 22.4. The number of aryl methyl sites for hydroxylation is 1. The molecule has 0 bridgehead atoms. The molecule has 1 aliphatic carbocycles. The largest absolute Gasteiger partial charge is 0.493 e. The zero-order chi connectivity index (χ0) is 22.1. The van der Waals surface area contributed by atoms with Crippen LogP contribution in [0.5, 0.6) is 17.2 Å². The second-order valence-corrected chi connectivity index (χ2v) is 7.34. The van der Waals surface area contributed by atoms with Gasteiger partial charge in [-0.2, -0.15) is 0 Å². The second kappa shape index (κ2) is 13.4. The van der Waals surface area contributed by atoms with E-state index in [1.807, 2.05) is 12.1 Å². The molecule has 1 unspecified atom stereocenters. The number of benzene rings is 2. The Labute approximate surface area is 207 Å². The lowest BCUT2D eigenvalue weighted by Gasteiger charge is -2.25. The average molecular weight is 555 g/mol. The van der Waals surface area contributed by atoms with Crippen LogP contribution in [0.4, 0.5) is 5.69 Å². The number of rotatable bonds is 9. The van der Waals surface area contributed by atoms with Crippen molar-refractivity contribution in [2.75, 3.05) is 46.8 Å². The summed E-state index contributed by atoms with van der Waals surface area (Å²) in [6.07, 6.45) is 4.52. The summed E-state index contributed by atoms with van der Waals surface area (Å²) in [6.45, 7) is 1.45. The van der Waals surface area contributed by atoms with Crippen molar-refractivity contribution < 1.29 is 18.9 Å². The highest BCUT2D eigenvalue weighted by atomic mass is 127. The van der Waals surface area contributed by atoms with Gasteiger partial charge in [-0.1, -0.05) is 24.3 Å². The van der Waals surface area contributed by atoms with Crippen LogP contribution in [-0.2, 0) is 11.2 Å². The van der Waals surface area contributed by atoms with Crippen molar-refractivity contribution in [3.63, 3.8) is 0 Å². The van der Waals surface area contributed by atoms with Crippen molar-refractivity contribution in [1.29, 1.82) is 0 Å². The van der Waals surface area contributed by atoms with E-state index in [2.05, 4.69) is 39.9 Å². The standard InChI is InChI=1S/C24H33N3O4.HI/c1-25-24(27-18-15-21(28-2)23(30-4)22(16-18)29-3)26-13-8-14-31-20-12-7-10-17-9-5-6-11-19(17)20;/h5-6,9,11,15-16,20H,7-8,10,12-14H2,1-4H3,(H2,25,26,27);1H. The number of aliphatic imine (C=N–C) groups is 1. The van der Waals surface area contributed by atoms with E-state index >= 15 is 0 Å². The van der Waals surface area contributed by atoms with Gasteiger partial charge in [0, 0.05) is 38.0 Å². The number of guanidine groups is 1. The number of nitrogens with one attached hydrogen (secondary N) is 2. The van der Waals surface area contributed by atoms with Crippen LogP contribution < -0.4 is 24.8 Å². The SMILES string of the molecule is CN=C(NCCCOC1CCCc2ccccc21)Nc1cc(OC)c(OC)c(OC)c1.I. The number of halogens is 1. The van der Waals surface area contributed by atoms with Gasteiger partial charge in [-0.25, -0.2) is 0 Å². The molecule has 0 amide bonds. The van der Waals surface area contributed by atoms with E-state index < -0.39 is 0 Å². The fourth-order valence-corrected chi connectivity index (χ4v) is 3.86. The van der Waals surface area contributed by atoms with Gasteiger partial charge in [0.25, 0.3) is 0 Å². The molecule has 0 aliphatic heterocycles. The summed E-state index contributed by atoms with van der Waals surface area (Å²) in [4.78, 5) is 4.29. The summed E-state index contributed by atoms with van der Waals surface area (Å²) in [7, 11) is 6.52. The second-order valence-electron chi connectivity index (χ2n) is 7.34. The van der Waals surface area contributed by atoms with Gasteiger partial charge in [0.1, 0.15) is 0 Å². The van der Waals surface area contributed by atoms with Gasteiger partial charge in [0.15, 0.2) is 17.5 Å². The maximum absolute atomic E-state index is 6.18. The van der Waals surface area contributed by atoms with E-state index in [0.29, 0.717) is 29.8 Å². The fourth-order valence-electron chi connectivity index (χ4n) is 3.86. The zero-order valence-corrected chi connectivity index (χ0v) is 21.6. The smallest absolute Gasteiger partial charge is 0.203 e. The minimum absolute atomic E-state index is 0. The molecule has 2 aromatic rings. The lowest BCUT2D eigenvalue weighted by atomic mass is 9.89. The molecule has 0 fully saturated rings. The van der Waals surface area contributed by atoms with Crippen molar-refractivity contribution in [3.8, 4) is 17.2 Å². The Balaban J connectivity index is 0.00000363. The third kappa shape index (κ3) is 6.65. The van der Waals surface area contributed by atoms with E-state index in [4.69, 9.17) is 18.9 Å². The molecule has 0 radical (unpaired) electrons. The Kier molecular flexibility index (Phi) is 10.9. The summed E-state index contributed by atoms with van der Waals surface area (Å²) in [5.41, 5.74) is 3.56. The molecule has 2 N–H and O–H groups in total. The van der Waals surface area contributed by atoms with E-state index in [1.54, 1.807) is 28.4 Å². The molecule has 1 atom stereocenters. The Hall–Kier alpha value is -2.20. The highest BCUT2D eigenvalue weighted by Crippen LogP contribution is 2.39. The summed E-state index contributed by atoms with van der Waals surface area (Å²) >= 11 is 0. The summed E-state index contributed by atoms with van der Waals surface area (Å²) in [5.74, 6) is 2.39. The van der Waals surface area contributed by atoms with Gasteiger partial charge < -0.3 is 29.6 Å². The van der Waals surface area contributed by atoms with Crippen molar-refractivity contribution in [3.05, 3.63) is 47.5 Å². The molecule has 32 heavy (non-hydrogen) atoms. The van der Waals surface area contributed by atoms with E-state index in [1.165, 1.54) is 17.5 Å². The average Bonchev–Trinajstić information content (AvgIpc) is 2.82.